The molecular weight excluding hydrogens is 336 g/mol. The topological polar surface area (TPSA) is 67.4 Å². The van der Waals surface area contributed by atoms with Crippen molar-refractivity contribution in [1.29, 1.82) is 0 Å². The van der Waals surface area contributed by atoms with Crippen molar-refractivity contribution < 1.29 is 9.53 Å². The molecule has 122 valence electrons. The van der Waals surface area contributed by atoms with E-state index in [4.69, 9.17) is 16.3 Å². The average Bonchev–Trinajstić information content (AvgIpc) is 3.16. The van der Waals surface area contributed by atoms with Crippen LogP contribution in [0.1, 0.15) is 16.4 Å². The van der Waals surface area contributed by atoms with Gasteiger partial charge in [-0.15, -0.1) is 10.2 Å². The molecule has 1 aromatic carbocycles. The maximum Gasteiger partial charge on any atom is 0.317 e. The van der Waals surface area contributed by atoms with Crippen molar-refractivity contribution in [2.75, 3.05) is 13.1 Å². The molecule has 2 heterocycles. The Hall–Kier alpha value is -1.86. The standard InChI is InChI=1S/C15H17ClN4O2S/c1-10-18-19-14(23-10)8-17-15(21)20-7-6-13(9-20)22-12-4-2-11(16)3-5-12/h2-5,13H,6-9H2,1H3,(H,17,21). The normalized spacial score (nSPS) is 17.3. The van der Waals surface area contributed by atoms with Crippen molar-refractivity contribution >= 4 is 29.0 Å². The predicted octanol–water partition coefficient (Wildman–Crippen LogP) is 2.86. The molecule has 0 bridgehead atoms. The Morgan fingerprint density at radius 1 is 1.43 bits per heavy atom. The van der Waals surface area contributed by atoms with Gasteiger partial charge in [-0.1, -0.05) is 22.9 Å². The van der Waals surface area contributed by atoms with Gasteiger partial charge in [0.25, 0.3) is 0 Å². The number of amides is 2. The van der Waals surface area contributed by atoms with Crippen LogP contribution < -0.4 is 10.1 Å². The molecule has 8 heteroatoms. The molecule has 1 fully saturated rings. The van der Waals surface area contributed by atoms with Crippen LogP contribution in [0, 0.1) is 6.92 Å². The summed E-state index contributed by atoms with van der Waals surface area (Å²) in [5.74, 6) is 0.769. The number of rotatable bonds is 4. The Morgan fingerprint density at radius 2 is 2.22 bits per heavy atom. The number of carbonyl (C=O) groups is 1. The molecule has 1 unspecified atom stereocenters. The van der Waals surface area contributed by atoms with Gasteiger partial charge < -0.3 is 15.0 Å². The summed E-state index contributed by atoms with van der Waals surface area (Å²) in [5, 5.41) is 13.2. The minimum atomic E-state index is -0.0972. The molecule has 0 aliphatic carbocycles. The van der Waals surface area contributed by atoms with Crippen molar-refractivity contribution in [1.82, 2.24) is 20.4 Å². The lowest BCUT2D eigenvalue weighted by Gasteiger charge is -2.17. The fourth-order valence-electron chi connectivity index (χ4n) is 2.39. The van der Waals surface area contributed by atoms with Gasteiger partial charge in [0.15, 0.2) is 0 Å². The highest BCUT2D eigenvalue weighted by molar-refractivity contribution is 7.11. The lowest BCUT2D eigenvalue weighted by molar-refractivity contribution is 0.186. The van der Waals surface area contributed by atoms with Gasteiger partial charge in [0.2, 0.25) is 0 Å². The van der Waals surface area contributed by atoms with Crippen molar-refractivity contribution in [3.63, 3.8) is 0 Å². The SMILES string of the molecule is Cc1nnc(CNC(=O)N2CCC(Oc3ccc(Cl)cc3)C2)s1. The first-order valence-corrected chi connectivity index (χ1v) is 8.53. The highest BCUT2D eigenvalue weighted by Gasteiger charge is 2.27. The Bertz CT molecular complexity index is 676. The number of urea groups is 1. The molecular formula is C15H17ClN4O2S. The van der Waals surface area contributed by atoms with E-state index < -0.39 is 0 Å². The second-order valence-corrected chi connectivity index (χ2v) is 7.00. The smallest absolute Gasteiger partial charge is 0.317 e. The van der Waals surface area contributed by atoms with Crippen LogP contribution in [0.3, 0.4) is 0 Å². The molecule has 1 aromatic heterocycles. The Kier molecular flexibility index (Phi) is 4.97. The molecule has 2 amide bonds. The molecule has 0 saturated carbocycles. The van der Waals surface area contributed by atoms with Crippen LogP contribution >= 0.6 is 22.9 Å². The second-order valence-electron chi connectivity index (χ2n) is 5.30. The summed E-state index contributed by atoms with van der Waals surface area (Å²) < 4.78 is 5.88. The van der Waals surface area contributed by atoms with Crippen LogP contribution in [0.5, 0.6) is 5.75 Å². The summed E-state index contributed by atoms with van der Waals surface area (Å²) in [7, 11) is 0. The van der Waals surface area contributed by atoms with Crippen molar-refractivity contribution in [2.45, 2.75) is 26.0 Å². The zero-order valence-corrected chi connectivity index (χ0v) is 14.2. The van der Waals surface area contributed by atoms with Crippen molar-refractivity contribution in [3.8, 4) is 5.75 Å². The van der Waals surface area contributed by atoms with Crippen LogP contribution in [0.4, 0.5) is 4.79 Å². The van der Waals surface area contributed by atoms with Crippen LogP contribution in [-0.4, -0.2) is 40.3 Å². The number of aromatic nitrogens is 2. The Balaban J connectivity index is 1.46. The molecule has 2 aromatic rings. The number of hydrogen-bond acceptors (Lipinski definition) is 5. The molecule has 1 saturated heterocycles. The second kappa shape index (κ2) is 7.14. The van der Waals surface area contributed by atoms with E-state index in [1.54, 1.807) is 17.0 Å². The Morgan fingerprint density at radius 3 is 2.91 bits per heavy atom. The summed E-state index contributed by atoms with van der Waals surface area (Å²) in [6, 6.07) is 7.16. The van der Waals surface area contributed by atoms with Gasteiger partial charge in [-0.2, -0.15) is 0 Å². The fourth-order valence-corrected chi connectivity index (χ4v) is 3.16. The zero-order chi connectivity index (χ0) is 16.2. The van der Waals surface area contributed by atoms with E-state index in [1.807, 2.05) is 19.1 Å². The number of carbonyl (C=O) groups excluding carboxylic acids is 1. The number of likely N-dealkylation sites (tertiary alicyclic amines) is 1. The summed E-state index contributed by atoms with van der Waals surface area (Å²) in [6.07, 6.45) is 0.819. The molecule has 6 nitrogen and oxygen atoms in total. The van der Waals surface area contributed by atoms with Gasteiger partial charge in [0.05, 0.1) is 13.1 Å². The third-order valence-electron chi connectivity index (χ3n) is 3.51. The lowest BCUT2D eigenvalue weighted by atomic mass is 10.3. The molecule has 1 atom stereocenters. The van der Waals surface area contributed by atoms with Crippen LogP contribution in [0.2, 0.25) is 5.02 Å². The largest absolute Gasteiger partial charge is 0.489 e. The maximum absolute atomic E-state index is 12.2. The number of hydrogen-bond donors (Lipinski definition) is 1. The first-order valence-electron chi connectivity index (χ1n) is 7.34. The molecule has 1 aliphatic rings. The van der Waals surface area contributed by atoms with Gasteiger partial charge >= 0.3 is 6.03 Å². The molecule has 1 aliphatic heterocycles. The third kappa shape index (κ3) is 4.33. The number of aryl methyl sites for hydroxylation is 1. The van der Waals surface area contributed by atoms with Crippen molar-refractivity contribution in [3.05, 3.63) is 39.3 Å². The van der Waals surface area contributed by atoms with E-state index in [0.29, 0.717) is 24.7 Å². The van der Waals surface area contributed by atoms with Crippen LogP contribution in [0.25, 0.3) is 0 Å². The Labute approximate surface area is 143 Å². The third-order valence-corrected chi connectivity index (χ3v) is 4.60. The van der Waals surface area contributed by atoms with E-state index >= 15 is 0 Å². The number of nitrogens with one attached hydrogen (secondary N) is 1. The van der Waals surface area contributed by atoms with Gasteiger partial charge in [0, 0.05) is 18.0 Å². The minimum Gasteiger partial charge on any atom is -0.489 e. The van der Waals surface area contributed by atoms with Gasteiger partial charge in [-0.3, -0.25) is 0 Å². The first kappa shape index (κ1) is 16.0. The molecule has 0 spiro atoms. The molecule has 0 radical (unpaired) electrons. The lowest BCUT2D eigenvalue weighted by Crippen LogP contribution is -2.39. The highest BCUT2D eigenvalue weighted by atomic mass is 35.5. The van der Waals surface area contributed by atoms with Gasteiger partial charge in [0.1, 0.15) is 21.9 Å². The minimum absolute atomic E-state index is 0.00528. The van der Waals surface area contributed by atoms with Crippen LogP contribution in [-0.2, 0) is 6.54 Å². The van der Waals surface area contributed by atoms with E-state index in [0.717, 1.165) is 22.2 Å². The fraction of sp³-hybridized carbons (Fsp3) is 0.400. The van der Waals surface area contributed by atoms with Crippen LogP contribution in [0.15, 0.2) is 24.3 Å². The number of ether oxygens (including phenoxy) is 1. The van der Waals surface area contributed by atoms with E-state index in [1.165, 1.54) is 11.3 Å². The highest BCUT2D eigenvalue weighted by Crippen LogP contribution is 2.20. The van der Waals surface area contributed by atoms with E-state index in [2.05, 4.69) is 15.5 Å². The van der Waals surface area contributed by atoms with E-state index in [-0.39, 0.29) is 12.1 Å². The molecule has 1 N–H and O–H groups in total. The van der Waals surface area contributed by atoms with Gasteiger partial charge in [-0.05, 0) is 31.2 Å². The van der Waals surface area contributed by atoms with Crippen molar-refractivity contribution in [2.24, 2.45) is 0 Å². The summed E-state index contributed by atoms with van der Waals surface area (Å²) >= 11 is 7.34. The summed E-state index contributed by atoms with van der Waals surface area (Å²) in [6.45, 7) is 3.55. The summed E-state index contributed by atoms with van der Waals surface area (Å²) in [5.41, 5.74) is 0. The van der Waals surface area contributed by atoms with Gasteiger partial charge in [-0.25, -0.2) is 4.79 Å². The number of nitrogens with zero attached hydrogens (tertiary/aromatic N) is 3. The zero-order valence-electron chi connectivity index (χ0n) is 12.7. The quantitative estimate of drug-likeness (QED) is 0.918. The monoisotopic (exact) mass is 352 g/mol. The molecule has 23 heavy (non-hydrogen) atoms. The predicted molar refractivity (Wildman–Crippen MR) is 88.9 cm³/mol. The van der Waals surface area contributed by atoms with E-state index in [9.17, 15) is 4.79 Å². The average molecular weight is 353 g/mol. The first-order chi connectivity index (χ1) is 11.1. The maximum atomic E-state index is 12.2. The summed E-state index contributed by atoms with van der Waals surface area (Å²) in [4.78, 5) is 13.9. The number of benzene rings is 1. The molecule has 3 rings (SSSR count). The number of halogens is 1.